The Morgan fingerprint density at radius 3 is 2.75 bits per heavy atom. The Labute approximate surface area is 101 Å². The Balaban J connectivity index is 2.74. The van der Waals surface area contributed by atoms with Crippen molar-refractivity contribution in [3.05, 3.63) is 33.8 Å². The normalized spacial score (nSPS) is 10.2. The number of carbonyl (C=O) groups is 1. The molecular formula is C11H11BrF2O2. The first kappa shape index (κ1) is 13.1. The maximum atomic E-state index is 13.5. The molecule has 0 N–H and O–H groups in total. The summed E-state index contributed by atoms with van der Waals surface area (Å²) in [7, 11) is 0. The van der Waals surface area contributed by atoms with Crippen LogP contribution in [0.1, 0.15) is 18.9 Å². The van der Waals surface area contributed by atoms with E-state index in [1.807, 2.05) is 0 Å². The standard InChI is InChI=1S/C11H11BrF2O2/c1-2-16-10(15)6-3-7-9(13)5-4-8(12)11(7)14/h4-5H,2-3,6H2,1H3. The third-order valence-corrected chi connectivity index (χ3v) is 2.64. The quantitative estimate of drug-likeness (QED) is 0.629. The van der Waals surface area contributed by atoms with Crippen molar-refractivity contribution in [1.82, 2.24) is 0 Å². The van der Waals surface area contributed by atoms with Gasteiger partial charge < -0.3 is 4.74 Å². The molecule has 16 heavy (non-hydrogen) atoms. The fourth-order valence-corrected chi connectivity index (χ4v) is 1.63. The third-order valence-electron chi connectivity index (χ3n) is 2.02. The van der Waals surface area contributed by atoms with Gasteiger partial charge in [-0.2, -0.15) is 0 Å². The first-order valence-corrected chi connectivity index (χ1v) is 5.63. The van der Waals surface area contributed by atoms with Crippen LogP contribution in [0.15, 0.2) is 16.6 Å². The van der Waals surface area contributed by atoms with Gasteiger partial charge in [0.1, 0.15) is 11.6 Å². The number of halogens is 3. The van der Waals surface area contributed by atoms with E-state index < -0.39 is 17.6 Å². The Bertz CT molecular complexity index is 394. The van der Waals surface area contributed by atoms with E-state index in [4.69, 9.17) is 0 Å². The minimum Gasteiger partial charge on any atom is -0.466 e. The lowest BCUT2D eigenvalue weighted by molar-refractivity contribution is -0.143. The molecule has 0 aliphatic rings. The van der Waals surface area contributed by atoms with Gasteiger partial charge >= 0.3 is 5.97 Å². The van der Waals surface area contributed by atoms with Gasteiger partial charge in [0.25, 0.3) is 0 Å². The largest absolute Gasteiger partial charge is 0.466 e. The van der Waals surface area contributed by atoms with Crippen LogP contribution in [0.3, 0.4) is 0 Å². The molecule has 0 aromatic heterocycles. The van der Waals surface area contributed by atoms with Crippen molar-refractivity contribution in [3.63, 3.8) is 0 Å². The maximum Gasteiger partial charge on any atom is 0.306 e. The highest BCUT2D eigenvalue weighted by molar-refractivity contribution is 9.10. The summed E-state index contributed by atoms with van der Waals surface area (Å²) < 4.78 is 31.6. The highest BCUT2D eigenvalue weighted by Gasteiger charge is 2.13. The fraction of sp³-hybridized carbons (Fsp3) is 0.364. The van der Waals surface area contributed by atoms with E-state index >= 15 is 0 Å². The molecule has 1 aromatic carbocycles. The van der Waals surface area contributed by atoms with E-state index in [-0.39, 0.29) is 29.5 Å². The number of benzene rings is 1. The molecule has 1 rings (SSSR count). The van der Waals surface area contributed by atoms with Gasteiger partial charge in [0.05, 0.1) is 11.1 Å². The van der Waals surface area contributed by atoms with Crippen molar-refractivity contribution >= 4 is 21.9 Å². The molecule has 2 nitrogen and oxygen atoms in total. The van der Waals surface area contributed by atoms with Crippen LogP contribution >= 0.6 is 15.9 Å². The van der Waals surface area contributed by atoms with Gasteiger partial charge in [-0.05, 0) is 41.4 Å². The second-order valence-corrected chi connectivity index (χ2v) is 3.98. The highest BCUT2D eigenvalue weighted by atomic mass is 79.9. The summed E-state index contributed by atoms with van der Waals surface area (Å²) in [5, 5.41) is 0. The summed E-state index contributed by atoms with van der Waals surface area (Å²) >= 11 is 2.96. The number of rotatable bonds is 4. The predicted octanol–water partition coefficient (Wildman–Crippen LogP) is 3.22. The molecule has 1 aromatic rings. The molecule has 5 heteroatoms. The molecule has 0 unspecified atom stereocenters. The molecule has 0 aliphatic carbocycles. The molecular weight excluding hydrogens is 282 g/mol. The van der Waals surface area contributed by atoms with E-state index in [1.54, 1.807) is 6.92 Å². The van der Waals surface area contributed by atoms with Gasteiger partial charge in [-0.1, -0.05) is 0 Å². The molecule has 0 atom stereocenters. The number of carbonyl (C=O) groups excluding carboxylic acids is 1. The Morgan fingerprint density at radius 2 is 2.12 bits per heavy atom. The second-order valence-electron chi connectivity index (χ2n) is 3.13. The Hall–Kier alpha value is -0.970. The fourth-order valence-electron chi connectivity index (χ4n) is 1.26. The monoisotopic (exact) mass is 292 g/mol. The predicted molar refractivity (Wildman–Crippen MR) is 59.0 cm³/mol. The Morgan fingerprint density at radius 1 is 1.44 bits per heavy atom. The zero-order valence-corrected chi connectivity index (χ0v) is 10.3. The molecule has 0 radical (unpaired) electrons. The first-order valence-electron chi connectivity index (χ1n) is 4.84. The van der Waals surface area contributed by atoms with E-state index in [9.17, 15) is 13.6 Å². The zero-order chi connectivity index (χ0) is 12.1. The summed E-state index contributed by atoms with van der Waals surface area (Å²) in [6.45, 7) is 1.94. The van der Waals surface area contributed by atoms with Crippen LogP contribution in [0.4, 0.5) is 8.78 Å². The second kappa shape index (κ2) is 5.94. The third kappa shape index (κ3) is 3.27. The van der Waals surface area contributed by atoms with Gasteiger partial charge in [0, 0.05) is 12.0 Å². The van der Waals surface area contributed by atoms with Gasteiger partial charge in [0.15, 0.2) is 0 Å². The van der Waals surface area contributed by atoms with Crippen molar-refractivity contribution in [2.45, 2.75) is 19.8 Å². The lowest BCUT2D eigenvalue weighted by atomic mass is 10.1. The van der Waals surface area contributed by atoms with E-state index in [0.29, 0.717) is 0 Å². The molecule has 0 fully saturated rings. The zero-order valence-electron chi connectivity index (χ0n) is 8.73. The van der Waals surface area contributed by atoms with Gasteiger partial charge in [-0.15, -0.1) is 0 Å². The lowest BCUT2D eigenvalue weighted by Gasteiger charge is -2.06. The number of ether oxygens (including phenoxy) is 1. The molecule has 88 valence electrons. The molecule has 0 saturated carbocycles. The van der Waals surface area contributed by atoms with Crippen molar-refractivity contribution in [3.8, 4) is 0 Å². The Kier molecular flexibility index (Phi) is 4.86. The topological polar surface area (TPSA) is 26.3 Å². The van der Waals surface area contributed by atoms with Crippen molar-refractivity contribution in [2.75, 3.05) is 6.61 Å². The highest BCUT2D eigenvalue weighted by Crippen LogP contribution is 2.22. The van der Waals surface area contributed by atoms with E-state index in [0.717, 1.165) is 6.07 Å². The molecule has 0 heterocycles. The van der Waals surface area contributed by atoms with Gasteiger partial charge in [-0.25, -0.2) is 8.78 Å². The minimum atomic E-state index is -0.663. The van der Waals surface area contributed by atoms with Crippen LogP contribution in [0.2, 0.25) is 0 Å². The average Bonchev–Trinajstić information content (AvgIpc) is 2.24. The molecule has 0 aliphatic heterocycles. The van der Waals surface area contributed by atoms with Crippen molar-refractivity contribution in [1.29, 1.82) is 0 Å². The van der Waals surface area contributed by atoms with E-state index in [1.165, 1.54) is 6.07 Å². The summed E-state index contributed by atoms with van der Waals surface area (Å²) in [5.74, 6) is -1.77. The van der Waals surface area contributed by atoms with E-state index in [2.05, 4.69) is 20.7 Å². The summed E-state index contributed by atoms with van der Waals surface area (Å²) in [6, 6.07) is 2.45. The van der Waals surface area contributed by atoms with Gasteiger partial charge in [0.2, 0.25) is 0 Å². The lowest BCUT2D eigenvalue weighted by Crippen LogP contribution is -2.07. The van der Waals surface area contributed by atoms with Crippen molar-refractivity contribution in [2.24, 2.45) is 0 Å². The van der Waals surface area contributed by atoms with Crippen LogP contribution in [0, 0.1) is 11.6 Å². The van der Waals surface area contributed by atoms with Gasteiger partial charge in [-0.3, -0.25) is 4.79 Å². The number of hydrogen-bond acceptors (Lipinski definition) is 2. The van der Waals surface area contributed by atoms with Crippen LogP contribution in [0.5, 0.6) is 0 Å². The van der Waals surface area contributed by atoms with Crippen molar-refractivity contribution < 1.29 is 18.3 Å². The smallest absolute Gasteiger partial charge is 0.306 e. The maximum absolute atomic E-state index is 13.5. The first-order chi connectivity index (χ1) is 7.56. The minimum absolute atomic E-state index is 0.00403. The van der Waals surface area contributed by atoms with Crippen LogP contribution in [-0.4, -0.2) is 12.6 Å². The molecule has 0 saturated heterocycles. The summed E-state index contributed by atoms with van der Waals surface area (Å²) in [6.07, 6.45) is -0.0337. The number of esters is 1. The average molecular weight is 293 g/mol. The number of hydrogen-bond donors (Lipinski definition) is 0. The molecule has 0 amide bonds. The van der Waals surface area contributed by atoms with Crippen LogP contribution < -0.4 is 0 Å². The molecule has 0 spiro atoms. The SMILES string of the molecule is CCOC(=O)CCc1c(F)ccc(Br)c1F. The van der Waals surface area contributed by atoms with Crippen LogP contribution in [-0.2, 0) is 16.0 Å². The summed E-state index contributed by atoms with van der Waals surface area (Å²) in [5.41, 5.74) is -0.0950. The molecule has 0 bridgehead atoms. The van der Waals surface area contributed by atoms with Crippen LogP contribution in [0.25, 0.3) is 0 Å². The summed E-state index contributed by atoms with van der Waals surface area (Å²) in [4.78, 5) is 11.0.